The quantitative estimate of drug-likeness (QED) is 0.614. The van der Waals surface area contributed by atoms with Crippen molar-refractivity contribution in [3.05, 3.63) is 64.2 Å². The molecule has 5 heteroatoms. The molecule has 0 fully saturated rings. The predicted octanol–water partition coefficient (Wildman–Crippen LogP) is 5.15. The summed E-state index contributed by atoms with van der Waals surface area (Å²) in [5, 5.41) is 0.200. The molecule has 1 aromatic heterocycles. The highest BCUT2D eigenvalue weighted by atomic mass is 35.5. The lowest BCUT2D eigenvalue weighted by molar-refractivity contribution is 0.660. The SMILES string of the molecule is CC1(C)c2ccccc2-c2ccc(-c3nc(Cl)nc(Cl)n3)cc21. The van der Waals surface area contributed by atoms with Gasteiger partial charge in [0.05, 0.1) is 0 Å². The molecule has 0 saturated heterocycles. The summed E-state index contributed by atoms with van der Waals surface area (Å²) in [6.07, 6.45) is 0. The summed E-state index contributed by atoms with van der Waals surface area (Å²) in [6, 6.07) is 14.7. The first kappa shape index (κ1) is 14.6. The Labute approximate surface area is 144 Å². The Balaban J connectivity index is 1.92. The number of fused-ring (bicyclic) bond motifs is 3. The average Bonchev–Trinajstić information content (AvgIpc) is 2.75. The monoisotopic (exact) mass is 341 g/mol. The molecule has 23 heavy (non-hydrogen) atoms. The summed E-state index contributed by atoms with van der Waals surface area (Å²) in [7, 11) is 0. The van der Waals surface area contributed by atoms with E-state index in [4.69, 9.17) is 23.2 Å². The lowest BCUT2D eigenvalue weighted by atomic mass is 9.82. The number of halogens is 2. The van der Waals surface area contributed by atoms with Gasteiger partial charge < -0.3 is 0 Å². The molecule has 0 spiro atoms. The number of benzene rings is 2. The van der Waals surface area contributed by atoms with Crippen LogP contribution in [0.5, 0.6) is 0 Å². The van der Waals surface area contributed by atoms with Crippen molar-refractivity contribution in [3.8, 4) is 22.5 Å². The number of hydrogen-bond acceptors (Lipinski definition) is 3. The van der Waals surface area contributed by atoms with Gasteiger partial charge in [0.2, 0.25) is 10.6 Å². The van der Waals surface area contributed by atoms with Crippen molar-refractivity contribution in [3.63, 3.8) is 0 Å². The maximum Gasteiger partial charge on any atom is 0.227 e. The normalized spacial score (nSPS) is 14.4. The summed E-state index contributed by atoms with van der Waals surface area (Å²) in [4.78, 5) is 12.2. The zero-order valence-electron chi connectivity index (χ0n) is 12.6. The Morgan fingerprint density at radius 2 is 1.43 bits per heavy atom. The highest BCUT2D eigenvalue weighted by Gasteiger charge is 2.35. The highest BCUT2D eigenvalue weighted by molar-refractivity contribution is 6.31. The van der Waals surface area contributed by atoms with E-state index in [9.17, 15) is 0 Å². The molecule has 3 aromatic rings. The first-order valence-corrected chi connectivity index (χ1v) is 8.04. The minimum Gasteiger partial charge on any atom is -0.198 e. The Morgan fingerprint density at radius 1 is 0.783 bits per heavy atom. The van der Waals surface area contributed by atoms with E-state index in [-0.39, 0.29) is 16.0 Å². The fraction of sp³-hybridized carbons (Fsp3) is 0.167. The molecule has 0 amide bonds. The molecule has 1 heterocycles. The summed E-state index contributed by atoms with van der Waals surface area (Å²) in [5.74, 6) is 0.490. The zero-order valence-corrected chi connectivity index (χ0v) is 14.2. The van der Waals surface area contributed by atoms with Gasteiger partial charge in [-0.1, -0.05) is 50.2 Å². The van der Waals surface area contributed by atoms with Crippen LogP contribution in [0.4, 0.5) is 0 Å². The summed E-state index contributed by atoms with van der Waals surface area (Å²) < 4.78 is 0. The van der Waals surface area contributed by atoms with Crippen LogP contribution in [0.2, 0.25) is 10.6 Å². The van der Waals surface area contributed by atoms with Gasteiger partial charge in [-0.05, 0) is 51.5 Å². The van der Waals surface area contributed by atoms with Gasteiger partial charge in [-0.2, -0.15) is 15.0 Å². The van der Waals surface area contributed by atoms with Gasteiger partial charge in [-0.25, -0.2) is 0 Å². The molecule has 114 valence electrons. The van der Waals surface area contributed by atoms with Crippen LogP contribution in [0.15, 0.2) is 42.5 Å². The van der Waals surface area contributed by atoms with Crippen molar-refractivity contribution in [2.45, 2.75) is 19.3 Å². The van der Waals surface area contributed by atoms with Gasteiger partial charge >= 0.3 is 0 Å². The Kier molecular flexibility index (Phi) is 3.19. The van der Waals surface area contributed by atoms with Gasteiger partial charge in [0.1, 0.15) is 0 Å². The van der Waals surface area contributed by atoms with E-state index in [0.717, 1.165) is 5.56 Å². The van der Waals surface area contributed by atoms with E-state index >= 15 is 0 Å². The summed E-state index contributed by atoms with van der Waals surface area (Å²) in [5.41, 5.74) is 5.94. The standard InChI is InChI=1S/C18H13Cl2N3/c1-18(2)13-6-4-3-5-11(13)12-8-7-10(9-14(12)18)15-21-16(19)23-17(20)22-15/h3-9H,1-2H3. The van der Waals surface area contributed by atoms with Crippen LogP contribution < -0.4 is 0 Å². The second-order valence-corrected chi connectivity index (χ2v) is 6.80. The molecule has 2 aromatic carbocycles. The molecule has 0 radical (unpaired) electrons. The second-order valence-electron chi connectivity index (χ2n) is 6.13. The Bertz CT molecular complexity index is 915. The highest BCUT2D eigenvalue weighted by Crippen LogP contribution is 2.49. The molecule has 0 bridgehead atoms. The number of aromatic nitrogens is 3. The van der Waals surface area contributed by atoms with Crippen molar-refractivity contribution in [1.82, 2.24) is 15.0 Å². The molecule has 1 aliphatic carbocycles. The van der Waals surface area contributed by atoms with Crippen molar-refractivity contribution in [2.75, 3.05) is 0 Å². The van der Waals surface area contributed by atoms with Crippen molar-refractivity contribution < 1.29 is 0 Å². The molecule has 3 nitrogen and oxygen atoms in total. The Hall–Kier alpha value is -1.97. The number of rotatable bonds is 1. The maximum atomic E-state index is 5.90. The van der Waals surface area contributed by atoms with E-state index in [0.29, 0.717) is 5.82 Å². The predicted molar refractivity (Wildman–Crippen MR) is 92.8 cm³/mol. The average molecular weight is 342 g/mol. The van der Waals surface area contributed by atoms with Gasteiger partial charge in [-0.3, -0.25) is 0 Å². The molecule has 4 rings (SSSR count). The Morgan fingerprint density at radius 3 is 2.17 bits per heavy atom. The van der Waals surface area contributed by atoms with E-state index in [1.807, 2.05) is 6.07 Å². The first-order valence-electron chi connectivity index (χ1n) is 7.28. The smallest absolute Gasteiger partial charge is 0.198 e. The van der Waals surface area contributed by atoms with E-state index in [1.165, 1.54) is 22.3 Å². The van der Waals surface area contributed by atoms with Gasteiger partial charge in [0.15, 0.2) is 5.82 Å². The lowest BCUT2D eigenvalue weighted by Gasteiger charge is -2.21. The lowest BCUT2D eigenvalue weighted by Crippen LogP contribution is -2.15. The van der Waals surface area contributed by atoms with Crippen LogP contribution in [0, 0.1) is 0 Å². The molecule has 1 aliphatic rings. The van der Waals surface area contributed by atoms with Crippen molar-refractivity contribution in [1.29, 1.82) is 0 Å². The van der Waals surface area contributed by atoms with E-state index in [1.54, 1.807) is 0 Å². The van der Waals surface area contributed by atoms with Crippen molar-refractivity contribution >= 4 is 23.2 Å². The molecular weight excluding hydrogens is 329 g/mol. The maximum absolute atomic E-state index is 5.90. The van der Waals surface area contributed by atoms with Crippen molar-refractivity contribution in [2.24, 2.45) is 0 Å². The van der Waals surface area contributed by atoms with E-state index < -0.39 is 0 Å². The van der Waals surface area contributed by atoms with Crippen LogP contribution >= 0.6 is 23.2 Å². The largest absolute Gasteiger partial charge is 0.227 e. The van der Waals surface area contributed by atoms with E-state index in [2.05, 4.69) is 65.2 Å². The molecular formula is C18H13Cl2N3. The molecule has 0 saturated carbocycles. The third kappa shape index (κ3) is 2.23. The second kappa shape index (κ2) is 5.02. The third-order valence-electron chi connectivity index (χ3n) is 4.42. The first-order chi connectivity index (χ1) is 11.0. The minimum atomic E-state index is -0.0669. The van der Waals surface area contributed by atoms with Gasteiger partial charge in [-0.15, -0.1) is 0 Å². The molecule has 0 aliphatic heterocycles. The molecule has 0 N–H and O–H groups in total. The van der Waals surface area contributed by atoms with Crippen LogP contribution in [0.1, 0.15) is 25.0 Å². The minimum absolute atomic E-state index is 0.0669. The van der Waals surface area contributed by atoms with Crippen LogP contribution in [-0.2, 0) is 5.41 Å². The summed E-state index contributed by atoms with van der Waals surface area (Å²) >= 11 is 11.8. The molecule has 0 unspecified atom stereocenters. The molecule has 0 atom stereocenters. The van der Waals surface area contributed by atoms with Gasteiger partial charge in [0, 0.05) is 11.0 Å². The summed E-state index contributed by atoms with van der Waals surface area (Å²) in [6.45, 7) is 4.46. The zero-order chi connectivity index (χ0) is 16.2. The van der Waals surface area contributed by atoms with Gasteiger partial charge in [0.25, 0.3) is 0 Å². The fourth-order valence-electron chi connectivity index (χ4n) is 3.30. The number of hydrogen-bond donors (Lipinski definition) is 0. The third-order valence-corrected chi connectivity index (χ3v) is 4.76. The van der Waals surface area contributed by atoms with Crippen LogP contribution in [0.25, 0.3) is 22.5 Å². The topological polar surface area (TPSA) is 38.7 Å². The fourth-order valence-corrected chi connectivity index (χ4v) is 3.66. The van der Waals surface area contributed by atoms with Crippen LogP contribution in [-0.4, -0.2) is 15.0 Å². The van der Waals surface area contributed by atoms with Crippen LogP contribution in [0.3, 0.4) is 0 Å². The number of nitrogens with zero attached hydrogens (tertiary/aromatic N) is 3.